The number of ether oxygens (including phenoxy) is 1. The number of fused-ring (bicyclic) bond motifs is 1. The van der Waals surface area contributed by atoms with Crippen molar-refractivity contribution in [2.24, 2.45) is 0 Å². The number of methoxy groups -OCH3 is 1. The molecule has 3 heterocycles. The molecule has 2 aliphatic heterocycles. The molecule has 0 radical (unpaired) electrons. The summed E-state index contributed by atoms with van der Waals surface area (Å²) < 4.78 is 5.02. The number of aromatic nitrogens is 2. The highest BCUT2D eigenvalue weighted by Crippen LogP contribution is 2.33. The summed E-state index contributed by atoms with van der Waals surface area (Å²) in [7, 11) is 1.61. The molecule has 31 heavy (non-hydrogen) atoms. The summed E-state index contributed by atoms with van der Waals surface area (Å²) in [5.74, 6) is 1.84. The number of nitrogens with zero attached hydrogens (tertiary/aromatic N) is 4. The van der Waals surface area contributed by atoms with E-state index in [1.165, 1.54) is 5.56 Å². The van der Waals surface area contributed by atoms with Crippen LogP contribution in [0.3, 0.4) is 0 Å². The van der Waals surface area contributed by atoms with E-state index in [-0.39, 0.29) is 17.7 Å². The zero-order valence-electron chi connectivity index (χ0n) is 18.3. The molecular formula is C24H30N4O3. The second-order valence-corrected chi connectivity index (χ2v) is 8.35. The lowest BCUT2D eigenvalue weighted by Gasteiger charge is -2.19. The maximum absolute atomic E-state index is 12.7. The van der Waals surface area contributed by atoms with Gasteiger partial charge in [-0.25, -0.2) is 9.97 Å². The minimum Gasteiger partial charge on any atom is -0.384 e. The summed E-state index contributed by atoms with van der Waals surface area (Å²) in [6.07, 6.45) is 3.44. The maximum Gasteiger partial charge on any atom is 0.232 e. The van der Waals surface area contributed by atoms with Crippen molar-refractivity contribution in [3.63, 3.8) is 0 Å². The molecule has 0 spiro atoms. The standard InChI is InChI=1S/C24H30N4O3/c1-17-20-15-22(30)28(12-6-9-18-7-4-3-5-8-18)24(20)26-23(25-17)19-10-13-27(16-19)21(29)11-14-31-2/h3-5,7-8,19H,6,9-16H2,1-2H3/t19-/m0/s1. The average molecular weight is 423 g/mol. The number of aryl methyl sites for hydroxylation is 2. The second kappa shape index (κ2) is 9.56. The van der Waals surface area contributed by atoms with Crippen molar-refractivity contribution >= 4 is 17.6 Å². The van der Waals surface area contributed by atoms with Crippen LogP contribution in [0.4, 0.5) is 5.82 Å². The van der Waals surface area contributed by atoms with Crippen molar-refractivity contribution in [3.8, 4) is 0 Å². The molecule has 0 aliphatic carbocycles. The van der Waals surface area contributed by atoms with E-state index in [1.54, 1.807) is 7.11 Å². The van der Waals surface area contributed by atoms with Gasteiger partial charge >= 0.3 is 0 Å². The molecule has 4 rings (SSSR count). The second-order valence-electron chi connectivity index (χ2n) is 8.35. The molecule has 164 valence electrons. The quantitative estimate of drug-likeness (QED) is 0.654. The Morgan fingerprint density at radius 2 is 2.03 bits per heavy atom. The predicted octanol–water partition coefficient (Wildman–Crippen LogP) is 2.66. The van der Waals surface area contributed by atoms with E-state index >= 15 is 0 Å². The molecule has 0 N–H and O–H groups in total. The molecule has 1 saturated heterocycles. The Bertz CT molecular complexity index is 947. The smallest absolute Gasteiger partial charge is 0.232 e. The molecule has 1 fully saturated rings. The van der Waals surface area contributed by atoms with Crippen molar-refractivity contribution in [1.82, 2.24) is 14.9 Å². The monoisotopic (exact) mass is 422 g/mol. The molecule has 2 amide bonds. The lowest BCUT2D eigenvalue weighted by Crippen LogP contribution is -2.30. The zero-order chi connectivity index (χ0) is 21.8. The van der Waals surface area contributed by atoms with Gasteiger partial charge in [-0.05, 0) is 31.7 Å². The molecule has 2 aliphatic rings. The number of likely N-dealkylation sites (tertiary alicyclic amines) is 1. The van der Waals surface area contributed by atoms with Gasteiger partial charge in [0.1, 0.15) is 11.6 Å². The van der Waals surface area contributed by atoms with E-state index in [1.807, 2.05) is 34.9 Å². The lowest BCUT2D eigenvalue weighted by atomic mass is 10.1. The molecule has 2 aromatic rings. The van der Waals surface area contributed by atoms with Crippen molar-refractivity contribution in [1.29, 1.82) is 0 Å². The number of carbonyl (C=O) groups is 2. The van der Waals surface area contributed by atoms with Crippen molar-refractivity contribution in [2.45, 2.75) is 44.9 Å². The molecule has 0 bridgehead atoms. The Balaban J connectivity index is 1.45. The molecule has 0 unspecified atom stereocenters. The van der Waals surface area contributed by atoms with Gasteiger partial charge < -0.3 is 9.64 Å². The Morgan fingerprint density at radius 1 is 1.23 bits per heavy atom. The highest BCUT2D eigenvalue weighted by atomic mass is 16.5. The number of carbonyl (C=O) groups excluding carboxylic acids is 2. The summed E-state index contributed by atoms with van der Waals surface area (Å²) in [5, 5.41) is 0. The van der Waals surface area contributed by atoms with E-state index in [2.05, 4.69) is 12.1 Å². The van der Waals surface area contributed by atoms with E-state index in [0.29, 0.717) is 39.1 Å². The summed E-state index contributed by atoms with van der Waals surface area (Å²) in [5.41, 5.74) is 3.10. The third-order valence-electron chi connectivity index (χ3n) is 6.21. The minimum absolute atomic E-state index is 0.0976. The van der Waals surface area contributed by atoms with Crippen LogP contribution in [0.2, 0.25) is 0 Å². The Hall–Kier alpha value is -2.80. The van der Waals surface area contributed by atoms with Crippen LogP contribution in [0.1, 0.15) is 47.8 Å². The van der Waals surface area contributed by atoms with E-state index < -0.39 is 0 Å². The normalized spacial score (nSPS) is 18.0. The fourth-order valence-electron chi connectivity index (χ4n) is 4.44. The summed E-state index contributed by atoms with van der Waals surface area (Å²) in [6, 6.07) is 10.3. The first kappa shape index (κ1) is 21.4. The fourth-order valence-corrected chi connectivity index (χ4v) is 4.44. The van der Waals surface area contributed by atoms with Gasteiger partial charge in [-0.3, -0.25) is 14.5 Å². The van der Waals surface area contributed by atoms with Gasteiger partial charge in [-0.1, -0.05) is 30.3 Å². The van der Waals surface area contributed by atoms with Gasteiger partial charge in [0.25, 0.3) is 0 Å². The Labute approximate surface area is 183 Å². The van der Waals surface area contributed by atoms with Crippen LogP contribution in [0.15, 0.2) is 30.3 Å². The third-order valence-corrected chi connectivity index (χ3v) is 6.21. The number of anilines is 1. The molecule has 7 nitrogen and oxygen atoms in total. The summed E-state index contributed by atoms with van der Waals surface area (Å²) in [4.78, 5) is 38.3. The van der Waals surface area contributed by atoms with Crippen molar-refractivity contribution in [2.75, 3.05) is 38.3 Å². The van der Waals surface area contributed by atoms with E-state index in [9.17, 15) is 9.59 Å². The van der Waals surface area contributed by atoms with Crippen LogP contribution in [0.25, 0.3) is 0 Å². The van der Waals surface area contributed by atoms with Crippen LogP contribution in [-0.2, 0) is 27.2 Å². The van der Waals surface area contributed by atoms with Gasteiger partial charge in [-0.15, -0.1) is 0 Å². The number of benzene rings is 1. The highest BCUT2D eigenvalue weighted by molar-refractivity contribution is 6.00. The van der Waals surface area contributed by atoms with Crippen LogP contribution < -0.4 is 4.90 Å². The third kappa shape index (κ3) is 4.77. The molecule has 1 aromatic carbocycles. The van der Waals surface area contributed by atoms with E-state index in [4.69, 9.17) is 14.7 Å². The zero-order valence-corrected chi connectivity index (χ0v) is 18.3. The van der Waals surface area contributed by atoms with Crippen molar-refractivity contribution < 1.29 is 14.3 Å². The van der Waals surface area contributed by atoms with Crippen LogP contribution in [0, 0.1) is 6.92 Å². The number of hydrogen-bond donors (Lipinski definition) is 0. The SMILES string of the molecule is COCCC(=O)N1CC[C@H](c2nc(C)c3c(n2)N(CCCc2ccccc2)C(=O)C3)C1. The lowest BCUT2D eigenvalue weighted by molar-refractivity contribution is -0.131. The van der Waals surface area contributed by atoms with Gasteiger partial charge in [0.2, 0.25) is 11.8 Å². The first-order chi connectivity index (χ1) is 15.1. The molecule has 7 heteroatoms. The van der Waals surface area contributed by atoms with Gasteiger partial charge in [0, 0.05) is 43.9 Å². The minimum atomic E-state index is 0.0976. The average Bonchev–Trinajstić information content (AvgIpc) is 3.39. The fraction of sp³-hybridized carbons (Fsp3) is 0.500. The number of amides is 2. The Kier molecular flexibility index (Phi) is 6.61. The van der Waals surface area contributed by atoms with Gasteiger partial charge in [0.15, 0.2) is 0 Å². The Morgan fingerprint density at radius 3 is 2.81 bits per heavy atom. The largest absolute Gasteiger partial charge is 0.384 e. The van der Waals surface area contributed by atoms with Crippen molar-refractivity contribution in [3.05, 3.63) is 53.0 Å². The molecule has 1 atom stereocenters. The number of hydrogen-bond acceptors (Lipinski definition) is 5. The summed E-state index contributed by atoms with van der Waals surface area (Å²) in [6.45, 7) is 4.40. The van der Waals surface area contributed by atoms with Gasteiger partial charge in [-0.2, -0.15) is 0 Å². The van der Waals surface area contributed by atoms with Gasteiger partial charge in [0.05, 0.1) is 19.4 Å². The first-order valence-electron chi connectivity index (χ1n) is 11.0. The van der Waals surface area contributed by atoms with Crippen LogP contribution >= 0.6 is 0 Å². The van der Waals surface area contributed by atoms with Crippen LogP contribution in [-0.4, -0.2) is 60.0 Å². The molecular weight excluding hydrogens is 392 g/mol. The number of rotatable bonds is 8. The van der Waals surface area contributed by atoms with Crippen LogP contribution in [0.5, 0.6) is 0 Å². The first-order valence-corrected chi connectivity index (χ1v) is 11.0. The highest BCUT2D eigenvalue weighted by Gasteiger charge is 2.34. The maximum atomic E-state index is 12.7. The summed E-state index contributed by atoms with van der Waals surface area (Å²) >= 11 is 0. The van der Waals surface area contributed by atoms with E-state index in [0.717, 1.165) is 42.2 Å². The molecule has 1 aromatic heterocycles. The predicted molar refractivity (Wildman–Crippen MR) is 118 cm³/mol. The topological polar surface area (TPSA) is 75.6 Å². The molecule has 0 saturated carbocycles.